The molecule has 49 heavy (non-hydrogen) atoms. The van der Waals surface area contributed by atoms with Crippen LogP contribution in [0.3, 0.4) is 0 Å². The molecule has 2 saturated heterocycles. The number of hydrogen-bond acceptors (Lipinski definition) is 7. The Morgan fingerprint density at radius 3 is 2.24 bits per heavy atom. The van der Waals surface area contributed by atoms with Gasteiger partial charge in [0.15, 0.2) is 0 Å². The first kappa shape index (κ1) is 35.0. The predicted octanol–water partition coefficient (Wildman–Crippen LogP) is 4.94. The molecule has 5 rings (SSSR count). The van der Waals surface area contributed by atoms with E-state index in [0.29, 0.717) is 39.0 Å². The number of piperazine rings is 1. The van der Waals surface area contributed by atoms with Gasteiger partial charge in [0, 0.05) is 38.3 Å². The van der Waals surface area contributed by atoms with Gasteiger partial charge in [0.05, 0.1) is 26.2 Å². The second-order valence-corrected chi connectivity index (χ2v) is 12.2. The Morgan fingerprint density at radius 1 is 0.980 bits per heavy atom. The minimum atomic E-state index is -0.588. The fourth-order valence-corrected chi connectivity index (χ4v) is 6.55. The first-order valence-electron chi connectivity index (χ1n) is 16.6. The lowest BCUT2D eigenvalue weighted by atomic mass is 9.89. The van der Waals surface area contributed by atoms with Crippen molar-refractivity contribution in [3.63, 3.8) is 0 Å². The van der Waals surface area contributed by atoms with Gasteiger partial charge in [-0.15, -0.1) is 0 Å². The molecule has 258 valence electrons. The van der Waals surface area contributed by atoms with E-state index in [0.717, 1.165) is 28.1 Å². The maximum Gasteiger partial charge on any atom is 0.407 e. The normalized spacial score (nSPS) is 17.8. The molecule has 2 heterocycles. The van der Waals surface area contributed by atoms with Gasteiger partial charge >= 0.3 is 12.1 Å². The zero-order valence-electron chi connectivity index (χ0n) is 28.3. The summed E-state index contributed by atoms with van der Waals surface area (Å²) in [5.41, 5.74) is 4.05. The fraction of sp³-hybridized carbons (Fsp3) is 0.342. The van der Waals surface area contributed by atoms with Crippen LogP contribution in [-0.4, -0.2) is 97.0 Å². The summed E-state index contributed by atoms with van der Waals surface area (Å²) in [6.07, 6.45) is 1.50. The Balaban J connectivity index is 1.41. The number of urea groups is 1. The zero-order chi connectivity index (χ0) is 34.8. The molecule has 2 fully saturated rings. The summed E-state index contributed by atoms with van der Waals surface area (Å²) in [6, 6.07) is 27.5. The molecule has 11 heteroatoms. The molecule has 0 radical (unpaired) electrons. The zero-order valence-corrected chi connectivity index (χ0v) is 28.3. The molecule has 2 N–H and O–H groups in total. The van der Waals surface area contributed by atoms with Crippen molar-refractivity contribution in [2.24, 2.45) is 0 Å². The Bertz CT molecular complexity index is 1550. The van der Waals surface area contributed by atoms with Crippen molar-refractivity contribution in [1.82, 2.24) is 30.5 Å². The van der Waals surface area contributed by atoms with Gasteiger partial charge in [0.2, 0.25) is 5.91 Å². The second kappa shape index (κ2) is 16.7. The summed E-state index contributed by atoms with van der Waals surface area (Å²) in [5, 5.41) is 9.17. The average molecular weight is 667 g/mol. The molecule has 2 atom stereocenters. The highest BCUT2D eigenvalue weighted by Gasteiger charge is 2.48. The van der Waals surface area contributed by atoms with Crippen molar-refractivity contribution in [3.05, 3.63) is 127 Å². The first-order chi connectivity index (χ1) is 23.8. The van der Waals surface area contributed by atoms with Crippen LogP contribution in [0.25, 0.3) is 0 Å². The van der Waals surface area contributed by atoms with E-state index >= 15 is 0 Å². The molecule has 0 aliphatic carbocycles. The molecule has 11 nitrogen and oxygen atoms in total. The Labute approximate surface area is 288 Å². The molecular weight excluding hydrogens is 620 g/mol. The predicted molar refractivity (Wildman–Crippen MR) is 188 cm³/mol. The van der Waals surface area contributed by atoms with Crippen LogP contribution in [-0.2, 0) is 16.1 Å². The molecule has 3 aromatic carbocycles. The quantitative estimate of drug-likeness (QED) is 0.197. The molecule has 0 aromatic heterocycles. The van der Waals surface area contributed by atoms with Crippen LogP contribution in [0.1, 0.15) is 35.4 Å². The largest absolute Gasteiger partial charge is 0.497 e. The highest BCUT2D eigenvalue weighted by molar-refractivity contribution is 5.83. The fourth-order valence-electron chi connectivity index (χ4n) is 6.55. The van der Waals surface area contributed by atoms with E-state index in [2.05, 4.69) is 53.0 Å². The van der Waals surface area contributed by atoms with E-state index in [1.807, 2.05) is 65.6 Å². The highest BCUT2D eigenvalue weighted by Crippen LogP contribution is 2.35. The van der Waals surface area contributed by atoms with E-state index in [4.69, 9.17) is 9.47 Å². The number of ether oxygens (including phenoxy) is 2. The Kier molecular flexibility index (Phi) is 11.9. The number of methoxy groups -OCH3 is 1. The highest BCUT2D eigenvalue weighted by atomic mass is 16.5. The van der Waals surface area contributed by atoms with Crippen LogP contribution in [0.5, 0.6) is 5.75 Å². The van der Waals surface area contributed by atoms with E-state index < -0.39 is 18.3 Å². The first-order valence-corrected chi connectivity index (χ1v) is 16.6. The third-order valence-corrected chi connectivity index (χ3v) is 9.01. The maximum atomic E-state index is 13.9. The number of rotatable bonds is 13. The number of fused-ring (bicyclic) bond motifs is 1. The lowest BCUT2D eigenvalue weighted by Crippen LogP contribution is -2.74. The number of amides is 4. The van der Waals surface area contributed by atoms with Crippen molar-refractivity contribution >= 4 is 18.0 Å². The number of benzene rings is 3. The van der Waals surface area contributed by atoms with Crippen LogP contribution >= 0.6 is 0 Å². The van der Waals surface area contributed by atoms with Crippen molar-refractivity contribution in [1.29, 1.82) is 0 Å². The van der Waals surface area contributed by atoms with Crippen molar-refractivity contribution in [2.75, 3.05) is 46.9 Å². The van der Waals surface area contributed by atoms with Crippen molar-refractivity contribution < 1.29 is 23.9 Å². The summed E-state index contributed by atoms with van der Waals surface area (Å²) < 4.78 is 10.3. The van der Waals surface area contributed by atoms with Crippen LogP contribution in [0, 0.1) is 0 Å². The molecule has 0 unspecified atom stereocenters. The van der Waals surface area contributed by atoms with E-state index in [1.165, 1.54) is 6.08 Å². The van der Waals surface area contributed by atoms with Gasteiger partial charge in [-0.3, -0.25) is 4.79 Å². The van der Waals surface area contributed by atoms with Gasteiger partial charge in [-0.25, -0.2) is 19.6 Å². The molecule has 3 aromatic rings. The lowest BCUT2D eigenvalue weighted by Gasteiger charge is -2.56. The summed E-state index contributed by atoms with van der Waals surface area (Å²) >= 11 is 0. The Hall–Kier alpha value is -5.29. The van der Waals surface area contributed by atoms with Gasteiger partial charge in [0.1, 0.15) is 18.5 Å². The Morgan fingerprint density at radius 2 is 1.63 bits per heavy atom. The second-order valence-electron chi connectivity index (χ2n) is 12.2. The maximum absolute atomic E-state index is 13.9. The topological polar surface area (TPSA) is 107 Å². The number of nitrogens with zero attached hydrogens (tertiary/aromatic N) is 4. The monoisotopic (exact) mass is 666 g/mol. The summed E-state index contributed by atoms with van der Waals surface area (Å²) in [5.74, 6) is 0.669. The molecule has 0 saturated carbocycles. The van der Waals surface area contributed by atoms with Gasteiger partial charge in [-0.05, 0) is 41.7 Å². The van der Waals surface area contributed by atoms with Gasteiger partial charge in [-0.1, -0.05) is 92.0 Å². The number of alkyl carbamates (subject to hydrolysis) is 1. The average Bonchev–Trinajstić information content (AvgIpc) is 3.12. The molecule has 2 aliphatic rings. The van der Waals surface area contributed by atoms with Crippen LogP contribution < -0.4 is 15.4 Å². The standard InChI is InChI=1S/C38H46N6O5/c1-5-23-49-38(47)39-22-12-17-34-28(2)42(25-33(30-13-8-6-9-14-30)31-15-10-7-11-16-31)26-35-43(34)36(45)27-41(3)44(35)37(46)40-24-29-18-20-32(48-4)21-19-29/h5-11,13-16,18-21,33-35H,1-2,12,17,22-27H2,3-4H3,(H,39,47)(H,40,46)/t34-,35-/m0/s1. The van der Waals surface area contributed by atoms with Crippen LogP contribution in [0.2, 0.25) is 0 Å². The lowest BCUT2D eigenvalue weighted by molar-refractivity contribution is -0.175. The molecule has 0 bridgehead atoms. The summed E-state index contributed by atoms with van der Waals surface area (Å²) in [4.78, 5) is 43.8. The van der Waals surface area contributed by atoms with E-state index in [-0.39, 0.29) is 31.0 Å². The number of carbonyl (C=O) groups excluding carboxylic acids is 3. The number of nitrogens with one attached hydrogen (secondary N) is 2. The van der Waals surface area contributed by atoms with Gasteiger partial charge in [0.25, 0.3) is 0 Å². The SMILES string of the molecule is C=CCOC(=O)NCCC[C@H]1C(=C)N(CC(c2ccccc2)c2ccccc2)C[C@H]2N1C(=O)CN(C)N2C(=O)NCc1ccc(OC)cc1. The number of likely N-dealkylation sites (N-methyl/N-ethyl adjacent to an activating group) is 1. The molecule has 0 spiro atoms. The van der Waals surface area contributed by atoms with Crippen molar-refractivity contribution in [2.45, 2.75) is 37.5 Å². The minimum absolute atomic E-state index is 0.0158. The number of hydrazine groups is 1. The smallest absolute Gasteiger partial charge is 0.407 e. The number of hydrogen-bond donors (Lipinski definition) is 2. The molecule has 2 aliphatic heterocycles. The third kappa shape index (κ3) is 8.60. The molecule has 4 amide bonds. The minimum Gasteiger partial charge on any atom is -0.497 e. The van der Waals surface area contributed by atoms with E-state index in [1.54, 1.807) is 24.2 Å². The summed E-state index contributed by atoms with van der Waals surface area (Å²) in [7, 11) is 3.38. The third-order valence-electron chi connectivity index (χ3n) is 9.01. The summed E-state index contributed by atoms with van der Waals surface area (Å²) in [6.45, 7) is 9.92. The van der Waals surface area contributed by atoms with E-state index in [9.17, 15) is 14.4 Å². The van der Waals surface area contributed by atoms with Crippen molar-refractivity contribution in [3.8, 4) is 5.75 Å². The molecular formula is C38H46N6O5. The van der Waals surface area contributed by atoms with Gasteiger partial charge < -0.3 is 29.9 Å². The van der Waals surface area contributed by atoms with Crippen LogP contribution in [0.15, 0.2) is 110 Å². The van der Waals surface area contributed by atoms with Crippen LogP contribution in [0.4, 0.5) is 9.59 Å². The van der Waals surface area contributed by atoms with Gasteiger partial charge in [-0.2, -0.15) is 0 Å². The number of carbonyl (C=O) groups is 3.